The van der Waals surface area contributed by atoms with Crippen molar-refractivity contribution in [3.05, 3.63) is 41.8 Å². The predicted molar refractivity (Wildman–Crippen MR) is 90.5 cm³/mol. The molecule has 1 aliphatic rings. The molecule has 2 heterocycles. The number of anilines is 1. The molecule has 0 radical (unpaired) electrons. The molecule has 1 saturated heterocycles. The van der Waals surface area contributed by atoms with Gasteiger partial charge in [0, 0.05) is 12.7 Å². The monoisotopic (exact) mass is 333 g/mol. The summed E-state index contributed by atoms with van der Waals surface area (Å²) in [6, 6.07) is 9.67. The van der Waals surface area contributed by atoms with Crippen LogP contribution in [0.3, 0.4) is 0 Å². The molecule has 0 unspecified atom stereocenters. The Balaban J connectivity index is 1.70. The number of aromatic nitrogens is 2. The molecule has 0 bridgehead atoms. The third-order valence-corrected chi connectivity index (χ3v) is 3.94. The van der Waals surface area contributed by atoms with Crippen molar-refractivity contribution in [2.24, 2.45) is 0 Å². The van der Waals surface area contributed by atoms with Crippen LogP contribution in [0, 0.1) is 0 Å². The van der Waals surface area contributed by atoms with Gasteiger partial charge in [0.05, 0.1) is 13.2 Å². The summed E-state index contributed by atoms with van der Waals surface area (Å²) in [6.07, 6.45) is 3.83. The van der Waals surface area contributed by atoms with E-state index in [1.165, 1.54) is 0 Å². The summed E-state index contributed by atoms with van der Waals surface area (Å²) in [4.78, 5) is 10.4. The fourth-order valence-corrected chi connectivity index (χ4v) is 2.89. The van der Waals surface area contributed by atoms with E-state index in [1.807, 2.05) is 37.3 Å². The highest BCUT2D eigenvalue weighted by Crippen LogP contribution is 2.29. The molecule has 0 spiro atoms. The molecule has 1 fully saturated rings. The van der Waals surface area contributed by atoms with Crippen LogP contribution in [0.2, 0.25) is 5.28 Å². The second kappa shape index (κ2) is 7.51. The fraction of sp³-hybridized carbons (Fsp3) is 0.412. The first-order chi connectivity index (χ1) is 11.3. The van der Waals surface area contributed by atoms with E-state index >= 15 is 0 Å². The molecule has 23 heavy (non-hydrogen) atoms. The van der Waals surface area contributed by atoms with Crippen molar-refractivity contribution >= 4 is 17.4 Å². The van der Waals surface area contributed by atoms with Gasteiger partial charge < -0.3 is 14.4 Å². The van der Waals surface area contributed by atoms with Gasteiger partial charge in [-0.15, -0.1) is 0 Å². The van der Waals surface area contributed by atoms with E-state index in [4.69, 9.17) is 21.1 Å². The van der Waals surface area contributed by atoms with Crippen LogP contribution in [0.25, 0.3) is 0 Å². The first-order valence-corrected chi connectivity index (χ1v) is 8.26. The van der Waals surface area contributed by atoms with Gasteiger partial charge in [-0.2, -0.15) is 0 Å². The molecule has 122 valence electrons. The lowest BCUT2D eigenvalue weighted by Crippen LogP contribution is -2.41. The minimum absolute atomic E-state index is 0.0964. The van der Waals surface area contributed by atoms with Crippen molar-refractivity contribution in [2.75, 3.05) is 24.6 Å². The topological polar surface area (TPSA) is 47.5 Å². The van der Waals surface area contributed by atoms with Crippen molar-refractivity contribution in [2.45, 2.75) is 25.9 Å². The SMILES string of the molecule is CCOc1ccccc1O[C@@H]1CCCN(c2ccnc(Cl)n2)C1. The molecule has 0 N–H and O–H groups in total. The Morgan fingerprint density at radius 2 is 2.09 bits per heavy atom. The normalized spacial score (nSPS) is 17.8. The van der Waals surface area contributed by atoms with Gasteiger partial charge in [0.25, 0.3) is 0 Å². The summed E-state index contributed by atoms with van der Waals surface area (Å²) in [5, 5.41) is 0.271. The lowest BCUT2D eigenvalue weighted by molar-refractivity contribution is 0.170. The average molecular weight is 334 g/mol. The third-order valence-electron chi connectivity index (χ3n) is 3.76. The van der Waals surface area contributed by atoms with E-state index in [0.717, 1.165) is 43.2 Å². The molecular formula is C17H20ClN3O2. The van der Waals surface area contributed by atoms with Gasteiger partial charge in [-0.1, -0.05) is 12.1 Å². The highest BCUT2D eigenvalue weighted by Gasteiger charge is 2.23. The Kier molecular flexibility index (Phi) is 5.18. The van der Waals surface area contributed by atoms with Crippen molar-refractivity contribution in [1.29, 1.82) is 0 Å². The molecule has 5 nitrogen and oxygen atoms in total. The molecule has 0 aliphatic carbocycles. The molecule has 3 rings (SSSR count). The molecule has 2 aromatic rings. The Hall–Kier alpha value is -2.01. The van der Waals surface area contributed by atoms with Gasteiger partial charge in [-0.05, 0) is 49.6 Å². The Bertz CT molecular complexity index is 653. The summed E-state index contributed by atoms with van der Waals surface area (Å²) in [5.74, 6) is 2.43. The minimum Gasteiger partial charge on any atom is -0.490 e. The highest BCUT2D eigenvalue weighted by molar-refractivity contribution is 6.28. The van der Waals surface area contributed by atoms with E-state index in [2.05, 4.69) is 14.9 Å². The summed E-state index contributed by atoms with van der Waals surface area (Å²) >= 11 is 5.89. The number of benzene rings is 1. The van der Waals surface area contributed by atoms with Gasteiger partial charge >= 0.3 is 0 Å². The van der Waals surface area contributed by atoms with Crippen molar-refractivity contribution < 1.29 is 9.47 Å². The van der Waals surface area contributed by atoms with E-state index in [1.54, 1.807) is 6.20 Å². The number of hydrogen-bond donors (Lipinski definition) is 0. The molecule has 1 aromatic carbocycles. The van der Waals surface area contributed by atoms with Gasteiger partial charge in [-0.25, -0.2) is 9.97 Å². The van der Waals surface area contributed by atoms with Gasteiger partial charge in [0.15, 0.2) is 11.5 Å². The minimum atomic E-state index is 0.0964. The first-order valence-electron chi connectivity index (χ1n) is 7.88. The summed E-state index contributed by atoms with van der Waals surface area (Å²) in [7, 11) is 0. The predicted octanol–water partition coefficient (Wildman–Crippen LogP) is 3.58. The smallest absolute Gasteiger partial charge is 0.224 e. The summed E-state index contributed by atoms with van der Waals surface area (Å²) < 4.78 is 11.8. The standard InChI is InChI=1S/C17H20ClN3O2/c1-2-22-14-7-3-4-8-15(14)23-13-6-5-11-21(12-13)16-9-10-19-17(18)20-16/h3-4,7-10,13H,2,5-6,11-12H2,1H3/t13-/m1/s1. The Morgan fingerprint density at radius 1 is 1.26 bits per heavy atom. The number of hydrogen-bond acceptors (Lipinski definition) is 5. The zero-order valence-corrected chi connectivity index (χ0v) is 13.9. The van der Waals surface area contributed by atoms with E-state index in [0.29, 0.717) is 6.61 Å². The number of piperidine rings is 1. The third kappa shape index (κ3) is 4.05. The van der Waals surface area contributed by atoms with Crippen LogP contribution in [0.5, 0.6) is 11.5 Å². The number of nitrogens with zero attached hydrogens (tertiary/aromatic N) is 3. The number of halogens is 1. The van der Waals surface area contributed by atoms with Gasteiger partial charge in [-0.3, -0.25) is 0 Å². The number of para-hydroxylation sites is 2. The van der Waals surface area contributed by atoms with Crippen LogP contribution in [0.4, 0.5) is 5.82 Å². The van der Waals surface area contributed by atoms with Gasteiger partial charge in [0.2, 0.25) is 5.28 Å². The molecule has 1 aromatic heterocycles. The molecule has 1 aliphatic heterocycles. The number of ether oxygens (including phenoxy) is 2. The largest absolute Gasteiger partial charge is 0.490 e. The Morgan fingerprint density at radius 3 is 2.87 bits per heavy atom. The van der Waals surface area contributed by atoms with Crippen LogP contribution in [-0.4, -0.2) is 35.8 Å². The fourth-order valence-electron chi connectivity index (χ4n) is 2.75. The lowest BCUT2D eigenvalue weighted by atomic mass is 10.1. The first kappa shape index (κ1) is 15.9. The van der Waals surface area contributed by atoms with Crippen molar-refractivity contribution in [1.82, 2.24) is 9.97 Å². The van der Waals surface area contributed by atoms with E-state index in [-0.39, 0.29) is 11.4 Å². The molecule has 6 heteroatoms. The summed E-state index contributed by atoms with van der Waals surface area (Å²) in [6.45, 7) is 4.31. The Labute approximate surface area is 141 Å². The van der Waals surface area contributed by atoms with Crippen LogP contribution in [-0.2, 0) is 0 Å². The zero-order chi connectivity index (χ0) is 16.1. The van der Waals surface area contributed by atoms with Crippen molar-refractivity contribution in [3.8, 4) is 11.5 Å². The number of rotatable bonds is 5. The van der Waals surface area contributed by atoms with Gasteiger partial charge in [0.1, 0.15) is 11.9 Å². The zero-order valence-electron chi connectivity index (χ0n) is 13.1. The highest BCUT2D eigenvalue weighted by atomic mass is 35.5. The maximum absolute atomic E-state index is 6.18. The average Bonchev–Trinajstić information content (AvgIpc) is 2.57. The molecule has 0 saturated carbocycles. The summed E-state index contributed by atoms with van der Waals surface area (Å²) in [5.41, 5.74) is 0. The second-order valence-corrected chi connectivity index (χ2v) is 5.73. The van der Waals surface area contributed by atoms with Crippen LogP contribution >= 0.6 is 11.6 Å². The van der Waals surface area contributed by atoms with E-state index < -0.39 is 0 Å². The molecular weight excluding hydrogens is 314 g/mol. The quantitative estimate of drug-likeness (QED) is 0.783. The van der Waals surface area contributed by atoms with Crippen LogP contribution < -0.4 is 14.4 Å². The molecule has 1 atom stereocenters. The second-order valence-electron chi connectivity index (χ2n) is 5.39. The lowest BCUT2D eigenvalue weighted by Gasteiger charge is -2.33. The maximum atomic E-state index is 6.18. The van der Waals surface area contributed by atoms with E-state index in [9.17, 15) is 0 Å². The molecule has 0 amide bonds. The van der Waals surface area contributed by atoms with Crippen LogP contribution in [0.1, 0.15) is 19.8 Å². The van der Waals surface area contributed by atoms with Crippen molar-refractivity contribution in [3.63, 3.8) is 0 Å². The maximum Gasteiger partial charge on any atom is 0.224 e. The van der Waals surface area contributed by atoms with Crippen LogP contribution in [0.15, 0.2) is 36.5 Å².